The molecule has 0 aliphatic heterocycles. The van der Waals surface area contributed by atoms with Crippen molar-refractivity contribution < 1.29 is 14.5 Å². The Labute approximate surface area is 117 Å². The number of hydrogen-bond acceptors (Lipinski definition) is 6. The molecule has 0 bridgehead atoms. The van der Waals surface area contributed by atoms with Crippen LogP contribution in [0.25, 0.3) is 0 Å². The standard InChI is InChI=1S/C12H20N4O4/c1-5-20-9(17)6-7-13-12-11(16(18)19)10(8(2)3)14-15(12)4/h8,13H,5-7H2,1-4H3. The number of nitrogens with zero attached hydrogens (tertiary/aromatic N) is 3. The summed E-state index contributed by atoms with van der Waals surface area (Å²) < 4.78 is 6.23. The van der Waals surface area contributed by atoms with E-state index in [-0.39, 0.29) is 30.5 Å². The fourth-order valence-corrected chi connectivity index (χ4v) is 1.82. The summed E-state index contributed by atoms with van der Waals surface area (Å²) in [5.41, 5.74) is 0.391. The van der Waals surface area contributed by atoms with E-state index in [9.17, 15) is 14.9 Å². The van der Waals surface area contributed by atoms with Crippen LogP contribution in [-0.2, 0) is 16.6 Å². The van der Waals surface area contributed by atoms with E-state index in [1.54, 1.807) is 14.0 Å². The fourth-order valence-electron chi connectivity index (χ4n) is 1.82. The number of anilines is 1. The maximum atomic E-state index is 11.2. The first-order valence-corrected chi connectivity index (χ1v) is 6.49. The summed E-state index contributed by atoms with van der Waals surface area (Å²) in [7, 11) is 1.63. The third-order valence-electron chi connectivity index (χ3n) is 2.70. The van der Waals surface area contributed by atoms with Crippen LogP contribution >= 0.6 is 0 Å². The van der Waals surface area contributed by atoms with E-state index in [2.05, 4.69) is 10.4 Å². The van der Waals surface area contributed by atoms with Gasteiger partial charge in [-0.25, -0.2) is 4.68 Å². The van der Waals surface area contributed by atoms with Crippen LogP contribution in [0.4, 0.5) is 11.5 Å². The van der Waals surface area contributed by atoms with Crippen molar-refractivity contribution in [2.45, 2.75) is 33.1 Å². The van der Waals surface area contributed by atoms with Crippen molar-refractivity contribution in [3.8, 4) is 0 Å². The number of nitrogens with one attached hydrogen (secondary N) is 1. The van der Waals surface area contributed by atoms with Crippen LogP contribution in [0.3, 0.4) is 0 Å². The maximum absolute atomic E-state index is 11.2. The second-order valence-electron chi connectivity index (χ2n) is 4.60. The summed E-state index contributed by atoms with van der Waals surface area (Å²) in [5.74, 6) is -0.0842. The molecule has 0 aromatic carbocycles. The van der Waals surface area contributed by atoms with Crippen molar-refractivity contribution >= 4 is 17.5 Å². The molecule has 1 N–H and O–H groups in total. The Hall–Kier alpha value is -2.12. The van der Waals surface area contributed by atoms with Gasteiger partial charge < -0.3 is 10.1 Å². The number of esters is 1. The van der Waals surface area contributed by atoms with E-state index in [4.69, 9.17) is 4.74 Å². The molecule has 1 heterocycles. The summed E-state index contributed by atoms with van der Waals surface area (Å²) in [6.07, 6.45) is 0.146. The molecule has 8 nitrogen and oxygen atoms in total. The van der Waals surface area contributed by atoms with Gasteiger partial charge in [0, 0.05) is 19.5 Å². The number of carbonyl (C=O) groups excluding carboxylic acids is 1. The van der Waals surface area contributed by atoms with Gasteiger partial charge >= 0.3 is 11.7 Å². The van der Waals surface area contributed by atoms with Crippen LogP contribution in [0.2, 0.25) is 0 Å². The zero-order valence-electron chi connectivity index (χ0n) is 12.2. The van der Waals surface area contributed by atoms with Gasteiger partial charge in [-0.15, -0.1) is 0 Å². The normalized spacial score (nSPS) is 10.7. The molecule has 0 fully saturated rings. The Balaban J connectivity index is 2.84. The number of hydrogen-bond donors (Lipinski definition) is 1. The minimum atomic E-state index is -0.449. The predicted octanol–water partition coefficient (Wildman–Crippen LogP) is 1.82. The van der Waals surface area contributed by atoms with E-state index in [1.807, 2.05) is 13.8 Å². The van der Waals surface area contributed by atoms with Gasteiger partial charge in [0.2, 0.25) is 5.82 Å². The minimum absolute atomic E-state index is 0.0358. The molecule has 8 heteroatoms. The highest BCUT2D eigenvalue weighted by atomic mass is 16.6. The molecule has 0 aliphatic carbocycles. The Morgan fingerprint density at radius 1 is 1.55 bits per heavy atom. The van der Waals surface area contributed by atoms with Crippen LogP contribution in [0.15, 0.2) is 0 Å². The van der Waals surface area contributed by atoms with Crippen LogP contribution < -0.4 is 5.32 Å². The molecule has 0 radical (unpaired) electrons. The average molecular weight is 284 g/mol. The number of nitro groups is 1. The van der Waals surface area contributed by atoms with Gasteiger partial charge in [-0.3, -0.25) is 14.9 Å². The first-order valence-electron chi connectivity index (χ1n) is 6.49. The van der Waals surface area contributed by atoms with Gasteiger partial charge in [-0.2, -0.15) is 5.10 Å². The van der Waals surface area contributed by atoms with Gasteiger partial charge in [0.05, 0.1) is 18.0 Å². The Kier molecular flexibility index (Phi) is 5.48. The molecule has 0 unspecified atom stereocenters. The molecule has 0 atom stereocenters. The molecule has 1 aromatic rings. The van der Waals surface area contributed by atoms with Crippen molar-refractivity contribution in [1.82, 2.24) is 9.78 Å². The number of carbonyl (C=O) groups is 1. The molecule has 0 amide bonds. The van der Waals surface area contributed by atoms with Crippen LogP contribution in [0.5, 0.6) is 0 Å². The van der Waals surface area contributed by atoms with E-state index in [0.717, 1.165) is 0 Å². The molecule has 0 spiro atoms. The maximum Gasteiger partial charge on any atom is 0.334 e. The van der Waals surface area contributed by atoms with Gasteiger partial charge in [-0.05, 0) is 6.92 Å². The van der Waals surface area contributed by atoms with E-state index in [1.165, 1.54) is 4.68 Å². The summed E-state index contributed by atoms with van der Waals surface area (Å²) in [5, 5.41) is 18.2. The molecule has 1 aromatic heterocycles. The van der Waals surface area contributed by atoms with Crippen molar-refractivity contribution in [3.05, 3.63) is 15.8 Å². The lowest BCUT2D eigenvalue weighted by molar-refractivity contribution is -0.384. The Morgan fingerprint density at radius 3 is 2.70 bits per heavy atom. The van der Waals surface area contributed by atoms with Crippen LogP contribution in [0.1, 0.15) is 38.8 Å². The number of aryl methyl sites for hydroxylation is 1. The quantitative estimate of drug-likeness (QED) is 0.465. The monoisotopic (exact) mass is 284 g/mol. The second kappa shape index (κ2) is 6.88. The van der Waals surface area contributed by atoms with E-state index in [0.29, 0.717) is 18.1 Å². The van der Waals surface area contributed by atoms with E-state index < -0.39 is 4.92 Å². The highest BCUT2D eigenvalue weighted by molar-refractivity contribution is 5.70. The molecule has 0 saturated carbocycles. The number of aromatic nitrogens is 2. The average Bonchev–Trinajstić information content (AvgIpc) is 2.67. The summed E-state index contributed by atoms with van der Waals surface area (Å²) in [4.78, 5) is 22.0. The van der Waals surface area contributed by atoms with Crippen molar-refractivity contribution in [3.63, 3.8) is 0 Å². The van der Waals surface area contributed by atoms with Crippen LogP contribution in [-0.4, -0.2) is 33.8 Å². The van der Waals surface area contributed by atoms with Gasteiger partial charge in [0.15, 0.2) is 0 Å². The summed E-state index contributed by atoms with van der Waals surface area (Å²) in [6.45, 7) is 6.00. The number of ether oxygens (including phenoxy) is 1. The molecule has 20 heavy (non-hydrogen) atoms. The lowest BCUT2D eigenvalue weighted by Crippen LogP contribution is -2.13. The smallest absolute Gasteiger partial charge is 0.334 e. The first-order chi connectivity index (χ1) is 9.38. The second-order valence-corrected chi connectivity index (χ2v) is 4.60. The van der Waals surface area contributed by atoms with Gasteiger partial charge in [0.25, 0.3) is 0 Å². The first kappa shape index (κ1) is 15.9. The lowest BCUT2D eigenvalue weighted by atomic mass is 10.1. The highest BCUT2D eigenvalue weighted by Crippen LogP contribution is 2.32. The summed E-state index contributed by atoms with van der Waals surface area (Å²) >= 11 is 0. The highest BCUT2D eigenvalue weighted by Gasteiger charge is 2.28. The molecule has 0 aliphatic rings. The minimum Gasteiger partial charge on any atom is -0.466 e. The van der Waals surface area contributed by atoms with Crippen molar-refractivity contribution in [1.29, 1.82) is 0 Å². The van der Waals surface area contributed by atoms with Crippen LogP contribution in [0, 0.1) is 10.1 Å². The molecule has 1 rings (SSSR count). The SMILES string of the molecule is CCOC(=O)CCNc1c([N+](=O)[O-])c(C(C)C)nn1C. The third kappa shape index (κ3) is 3.69. The lowest BCUT2D eigenvalue weighted by Gasteiger charge is -2.06. The molecular formula is C12H20N4O4. The fraction of sp³-hybridized carbons (Fsp3) is 0.667. The van der Waals surface area contributed by atoms with Gasteiger partial charge in [-0.1, -0.05) is 13.8 Å². The predicted molar refractivity (Wildman–Crippen MR) is 73.7 cm³/mol. The Bertz CT molecular complexity index is 496. The zero-order valence-corrected chi connectivity index (χ0v) is 12.2. The van der Waals surface area contributed by atoms with Crippen molar-refractivity contribution in [2.24, 2.45) is 7.05 Å². The molecular weight excluding hydrogens is 264 g/mol. The number of rotatable bonds is 7. The van der Waals surface area contributed by atoms with Crippen molar-refractivity contribution in [2.75, 3.05) is 18.5 Å². The zero-order chi connectivity index (χ0) is 15.3. The van der Waals surface area contributed by atoms with E-state index >= 15 is 0 Å². The third-order valence-corrected chi connectivity index (χ3v) is 2.70. The largest absolute Gasteiger partial charge is 0.466 e. The Morgan fingerprint density at radius 2 is 2.20 bits per heavy atom. The molecule has 0 saturated heterocycles. The van der Waals surface area contributed by atoms with Gasteiger partial charge in [0.1, 0.15) is 5.69 Å². The topological polar surface area (TPSA) is 99.3 Å². The summed E-state index contributed by atoms with van der Waals surface area (Å²) in [6, 6.07) is 0. The molecule has 112 valence electrons.